The number of hydrogen-bond acceptors (Lipinski definition) is 4. The third-order valence-corrected chi connectivity index (χ3v) is 4.02. The van der Waals surface area contributed by atoms with E-state index in [9.17, 15) is 17.6 Å². The Bertz CT molecular complexity index is 808. The van der Waals surface area contributed by atoms with Gasteiger partial charge in [0.25, 0.3) is 5.91 Å². The monoisotopic (exact) mass is 329 g/mol. The van der Waals surface area contributed by atoms with Crippen LogP contribution in [0.3, 0.4) is 0 Å². The van der Waals surface area contributed by atoms with Gasteiger partial charge in [-0.15, -0.1) is 0 Å². The highest BCUT2D eigenvalue weighted by Crippen LogP contribution is 2.26. The van der Waals surface area contributed by atoms with Gasteiger partial charge in [0.2, 0.25) is 0 Å². The van der Waals surface area contributed by atoms with Crippen molar-refractivity contribution in [2.24, 2.45) is 5.73 Å². The first-order valence-electron chi connectivity index (χ1n) is 5.59. The molecule has 0 aliphatic rings. The molecule has 0 aromatic heterocycles. The van der Waals surface area contributed by atoms with Crippen molar-refractivity contribution in [3.05, 3.63) is 58.9 Å². The molecule has 5 nitrogen and oxygen atoms in total. The predicted molar refractivity (Wildman–Crippen MR) is 74.2 cm³/mol. The molecular formula is C13H9ClFNO4S. The van der Waals surface area contributed by atoms with Gasteiger partial charge in [-0.1, -0.05) is 23.7 Å². The van der Waals surface area contributed by atoms with Gasteiger partial charge in [0.05, 0.1) is 5.56 Å². The van der Waals surface area contributed by atoms with Gasteiger partial charge in [-0.2, -0.15) is 8.42 Å². The lowest BCUT2D eigenvalue weighted by Gasteiger charge is -2.10. The maximum atomic E-state index is 13.5. The summed E-state index contributed by atoms with van der Waals surface area (Å²) in [6, 6.07) is 8.36. The molecule has 0 aliphatic heterocycles. The summed E-state index contributed by atoms with van der Waals surface area (Å²) in [6.45, 7) is 0. The summed E-state index contributed by atoms with van der Waals surface area (Å²) in [5.74, 6) is -2.21. The molecule has 0 saturated heterocycles. The fourth-order valence-corrected chi connectivity index (χ4v) is 2.77. The summed E-state index contributed by atoms with van der Waals surface area (Å²) in [5, 5.41) is 0.180. The number of carbonyl (C=O) groups excluding carboxylic acids is 1. The number of rotatable bonds is 4. The van der Waals surface area contributed by atoms with Crippen LogP contribution in [0, 0.1) is 5.82 Å². The highest BCUT2D eigenvalue weighted by Gasteiger charge is 2.23. The van der Waals surface area contributed by atoms with Crippen LogP contribution in [0.2, 0.25) is 5.02 Å². The van der Waals surface area contributed by atoms with E-state index in [0.717, 1.165) is 18.2 Å². The van der Waals surface area contributed by atoms with E-state index in [2.05, 4.69) is 0 Å². The minimum Gasteiger partial charge on any atom is -0.378 e. The summed E-state index contributed by atoms with van der Waals surface area (Å²) in [5.41, 5.74) is 4.90. The summed E-state index contributed by atoms with van der Waals surface area (Å²) >= 11 is 5.70. The van der Waals surface area contributed by atoms with E-state index in [1.165, 1.54) is 24.3 Å². The average molecular weight is 330 g/mol. The highest BCUT2D eigenvalue weighted by atomic mass is 35.5. The molecule has 8 heteroatoms. The van der Waals surface area contributed by atoms with E-state index in [-0.39, 0.29) is 16.3 Å². The quantitative estimate of drug-likeness (QED) is 0.872. The first-order chi connectivity index (χ1) is 9.81. The lowest BCUT2D eigenvalue weighted by Crippen LogP contribution is -2.17. The molecule has 0 saturated carbocycles. The van der Waals surface area contributed by atoms with Crippen molar-refractivity contribution < 1.29 is 21.8 Å². The van der Waals surface area contributed by atoms with Gasteiger partial charge in [0.15, 0.2) is 5.75 Å². The second kappa shape index (κ2) is 5.71. The first-order valence-corrected chi connectivity index (χ1v) is 7.38. The molecule has 110 valence electrons. The fourth-order valence-electron chi connectivity index (χ4n) is 1.58. The van der Waals surface area contributed by atoms with Gasteiger partial charge in [0.1, 0.15) is 10.7 Å². The second-order valence-corrected chi connectivity index (χ2v) is 5.92. The van der Waals surface area contributed by atoms with E-state index in [1.54, 1.807) is 0 Å². The van der Waals surface area contributed by atoms with E-state index in [1.807, 2.05) is 0 Å². The molecule has 0 heterocycles. The van der Waals surface area contributed by atoms with Crippen LogP contribution < -0.4 is 9.92 Å². The molecule has 0 aliphatic carbocycles. The number of primary amides is 1. The van der Waals surface area contributed by atoms with E-state index in [4.69, 9.17) is 21.5 Å². The molecular weight excluding hydrogens is 321 g/mol. The Kier molecular flexibility index (Phi) is 4.15. The van der Waals surface area contributed by atoms with Crippen molar-refractivity contribution in [3.8, 4) is 5.75 Å². The molecule has 0 radical (unpaired) electrons. The largest absolute Gasteiger partial charge is 0.378 e. The Balaban J connectivity index is 2.47. The zero-order chi connectivity index (χ0) is 15.6. The minimum absolute atomic E-state index is 0.180. The lowest BCUT2D eigenvalue weighted by atomic mass is 10.2. The van der Waals surface area contributed by atoms with Gasteiger partial charge < -0.3 is 9.92 Å². The summed E-state index contributed by atoms with van der Waals surface area (Å²) in [6.07, 6.45) is 0. The highest BCUT2D eigenvalue weighted by molar-refractivity contribution is 7.87. The van der Waals surface area contributed by atoms with Crippen molar-refractivity contribution in [2.75, 3.05) is 0 Å². The molecule has 0 bridgehead atoms. The standard InChI is InChI=1S/C13H9ClFNO4S/c14-8-5-6-11(9(7-8)13(16)17)20-21(18,19)12-4-2-1-3-10(12)15/h1-7H,(H2,16,17). The van der Waals surface area contributed by atoms with Gasteiger partial charge in [-0.3, -0.25) is 4.79 Å². The van der Waals surface area contributed by atoms with Crippen molar-refractivity contribution in [1.82, 2.24) is 0 Å². The molecule has 2 aromatic carbocycles. The zero-order valence-corrected chi connectivity index (χ0v) is 12.0. The van der Waals surface area contributed by atoms with Gasteiger partial charge >= 0.3 is 10.1 Å². The van der Waals surface area contributed by atoms with Crippen LogP contribution in [-0.2, 0) is 10.1 Å². The van der Waals surface area contributed by atoms with Crippen LogP contribution >= 0.6 is 11.6 Å². The van der Waals surface area contributed by atoms with Gasteiger partial charge in [0, 0.05) is 5.02 Å². The number of amides is 1. The Morgan fingerprint density at radius 2 is 1.86 bits per heavy atom. The molecule has 0 atom stereocenters. The first kappa shape index (κ1) is 15.3. The smallest absolute Gasteiger partial charge is 0.342 e. The van der Waals surface area contributed by atoms with Crippen molar-refractivity contribution >= 4 is 27.6 Å². The Hall–Kier alpha value is -2.12. The molecule has 2 rings (SSSR count). The van der Waals surface area contributed by atoms with Crippen LogP contribution in [0.5, 0.6) is 5.75 Å². The minimum atomic E-state index is -4.44. The summed E-state index contributed by atoms with van der Waals surface area (Å²) in [7, 11) is -4.44. The topological polar surface area (TPSA) is 86.5 Å². The molecule has 0 fully saturated rings. The molecule has 1 amide bonds. The molecule has 0 unspecified atom stereocenters. The molecule has 2 N–H and O–H groups in total. The van der Waals surface area contributed by atoms with E-state index in [0.29, 0.717) is 0 Å². The fraction of sp³-hybridized carbons (Fsp3) is 0. The Morgan fingerprint density at radius 3 is 2.48 bits per heavy atom. The van der Waals surface area contributed by atoms with Crippen LogP contribution in [0.1, 0.15) is 10.4 Å². The predicted octanol–water partition coefficient (Wildman–Crippen LogP) is 2.35. The number of benzene rings is 2. The van der Waals surface area contributed by atoms with Crippen LogP contribution in [0.25, 0.3) is 0 Å². The Morgan fingerprint density at radius 1 is 1.19 bits per heavy atom. The van der Waals surface area contributed by atoms with Crippen molar-refractivity contribution in [3.63, 3.8) is 0 Å². The van der Waals surface area contributed by atoms with Gasteiger partial charge in [-0.05, 0) is 30.3 Å². The van der Waals surface area contributed by atoms with Crippen molar-refractivity contribution in [2.45, 2.75) is 4.90 Å². The molecule has 21 heavy (non-hydrogen) atoms. The number of carbonyl (C=O) groups is 1. The maximum absolute atomic E-state index is 13.5. The number of hydrogen-bond donors (Lipinski definition) is 1. The molecule has 0 spiro atoms. The molecule has 2 aromatic rings. The number of nitrogens with two attached hydrogens (primary N) is 1. The Labute approximate surface area is 125 Å². The van der Waals surface area contributed by atoms with E-state index >= 15 is 0 Å². The summed E-state index contributed by atoms with van der Waals surface area (Å²) < 4.78 is 42.4. The third-order valence-electron chi connectivity index (χ3n) is 2.51. The zero-order valence-electron chi connectivity index (χ0n) is 10.4. The SMILES string of the molecule is NC(=O)c1cc(Cl)ccc1OS(=O)(=O)c1ccccc1F. The van der Waals surface area contributed by atoms with Gasteiger partial charge in [-0.25, -0.2) is 4.39 Å². The summed E-state index contributed by atoms with van der Waals surface area (Å²) in [4.78, 5) is 10.6. The van der Waals surface area contributed by atoms with Crippen molar-refractivity contribution in [1.29, 1.82) is 0 Å². The maximum Gasteiger partial charge on any atom is 0.342 e. The third kappa shape index (κ3) is 3.32. The lowest BCUT2D eigenvalue weighted by molar-refractivity contribution is 0.0999. The normalized spacial score (nSPS) is 11.1. The second-order valence-electron chi connectivity index (χ2n) is 3.97. The van der Waals surface area contributed by atoms with Crippen LogP contribution in [0.15, 0.2) is 47.4 Å². The average Bonchev–Trinajstić information content (AvgIpc) is 2.40. The van der Waals surface area contributed by atoms with Crippen LogP contribution in [0.4, 0.5) is 4.39 Å². The van der Waals surface area contributed by atoms with Crippen LogP contribution in [-0.4, -0.2) is 14.3 Å². The van der Waals surface area contributed by atoms with E-state index < -0.39 is 26.7 Å². The number of halogens is 2.